The van der Waals surface area contributed by atoms with Gasteiger partial charge in [0, 0.05) is 12.1 Å². The number of likely N-dealkylation sites (tertiary alicyclic amines) is 1. The molecular weight excluding hydrogens is 196 g/mol. The van der Waals surface area contributed by atoms with Crippen LogP contribution in [0, 0.1) is 11.8 Å². The molecule has 1 aliphatic heterocycles. The summed E-state index contributed by atoms with van der Waals surface area (Å²) in [5.74, 6) is 2.11. The SMILES string of the molecule is CN1CCC[C@@H]1CCN[C@@H]1C[C@@H]2CC[C@@H]1C2. The van der Waals surface area contributed by atoms with Crippen molar-refractivity contribution in [1.82, 2.24) is 10.2 Å². The third-order valence-corrected chi connectivity index (χ3v) is 5.29. The van der Waals surface area contributed by atoms with Crippen LogP contribution in [0.1, 0.15) is 44.9 Å². The van der Waals surface area contributed by atoms with Gasteiger partial charge < -0.3 is 10.2 Å². The second-order valence-corrected chi connectivity index (χ2v) is 6.30. The molecule has 2 nitrogen and oxygen atoms in total. The average Bonchev–Trinajstić information content (AvgIpc) is 2.96. The number of nitrogens with one attached hydrogen (secondary N) is 1. The topological polar surface area (TPSA) is 15.3 Å². The monoisotopic (exact) mass is 222 g/mol. The number of rotatable bonds is 4. The Hall–Kier alpha value is -0.0800. The van der Waals surface area contributed by atoms with Crippen molar-refractivity contribution in [2.45, 2.75) is 57.0 Å². The molecule has 2 saturated carbocycles. The van der Waals surface area contributed by atoms with E-state index in [0.29, 0.717) is 0 Å². The van der Waals surface area contributed by atoms with Crippen molar-refractivity contribution in [1.29, 1.82) is 0 Å². The summed E-state index contributed by atoms with van der Waals surface area (Å²) >= 11 is 0. The van der Waals surface area contributed by atoms with Gasteiger partial charge >= 0.3 is 0 Å². The zero-order chi connectivity index (χ0) is 11.0. The lowest BCUT2D eigenvalue weighted by Crippen LogP contribution is -2.37. The van der Waals surface area contributed by atoms with Gasteiger partial charge in [0.1, 0.15) is 0 Å². The lowest BCUT2D eigenvalue weighted by atomic mass is 9.95. The van der Waals surface area contributed by atoms with Crippen LogP contribution in [0.3, 0.4) is 0 Å². The molecule has 0 amide bonds. The van der Waals surface area contributed by atoms with Crippen LogP contribution >= 0.6 is 0 Å². The quantitative estimate of drug-likeness (QED) is 0.785. The van der Waals surface area contributed by atoms with E-state index in [-0.39, 0.29) is 0 Å². The van der Waals surface area contributed by atoms with Crippen LogP contribution < -0.4 is 5.32 Å². The van der Waals surface area contributed by atoms with Gasteiger partial charge in [0.2, 0.25) is 0 Å². The van der Waals surface area contributed by atoms with Crippen LogP contribution in [0.15, 0.2) is 0 Å². The molecule has 4 atom stereocenters. The summed E-state index contributed by atoms with van der Waals surface area (Å²) in [6.07, 6.45) is 10.2. The van der Waals surface area contributed by atoms with E-state index in [0.717, 1.165) is 23.9 Å². The molecule has 2 aliphatic carbocycles. The van der Waals surface area contributed by atoms with Crippen LogP contribution in [-0.2, 0) is 0 Å². The molecular formula is C14H26N2. The Bertz CT molecular complexity index is 241. The molecule has 2 heteroatoms. The minimum absolute atomic E-state index is 0.867. The molecule has 3 rings (SSSR count). The summed E-state index contributed by atoms with van der Waals surface area (Å²) in [6, 6.07) is 1.75. The average molecular weight is 222 g/mol. The Morgan fingerprint density at radius 1 is 1.19 bits per heavy atom. The molecule has 3 aliphatic rings. The molecule has 2 bridgehead atoms. The molecule has 1 heterocycles. The van der Waals surface area contributed by atoms with E-state index in [1.54, 1.807) is 0 Å². The highest BCUT2D eigenvalue weighted by Gasteiger charge is 2.39. The smallest absolute Gasteiger partial charge is 0.0105 e. The van der Waals surface area contributed by atoms with Crippen LogP contribution in [-0.4, -0.2) is 37.1 Å². The van der Waals surface area contributed by atoms with Crippen molar-refractivity contribution >= 4 is 0 Å². The first-order valence-corrected chi connectivity index (χ1v) is 7.26. The third-order valence-electron chi connectivity index (χ3n) is 5.29. The summed E-state index contributed by atoms with van der Waals surface area (Å²) < 4.78 is 0. The molecule has 0 aromatic rings. The second-order valence-electron chi connectivity index (χ2n) is 6.30. The second kappa shape index (κ2) is 4.66. The van der Waals surface area contributed by atoms with Gasteiger partial charge in [0.05, 0.1) is 0 Å². The highest BCUT2D eigenvalue weighted by Crippen LogP contribution is 2.44. The van der Waals surface area contributed by atoms with E-state index in [9.17, 15) is 0 Å². The third kappa shape index (κ3) is 2.14. The minimum atomic E-state index is 0.867. The molecule has 3 fully saturated rings. The van der Waals surface area contributed by atoms with Crippen LogP contribution in [0.25, 0.3) is 0 Å². The predicted molar refractivity (Wildman–Crippen MR) is 67.5 cm³/mol. The van der Waals surface area contributed by atoms with E-state index in [1.807, 2.05) is 0 Å². The van der Waals surface area contributed by atoms with E-state index in [4.69, 9.17) is 0 Å². The summed E-state index contributed by atoms with van der Waals surface area (Å²) in [7, 11) is 2.29. The fourth-order valence-electron chi connectivity index (χ4n) is 4.27. The van der Waals surface area contributed by atoms with Gasteiger partial charge in [0.15, 0.2) is 0 Å². The maximum Gasteiger partial charge on any atom is 0.0105 e. The van der Waals surface area contributed by atoms with Crippen molar-refractivity contribution in [3.05, 3.63) is 0 Å². The lowest BCUT2D eigenvalue weighted by Gasteiger charge is -2.25. The van der Waals surface area contributed by atoms with E-state index >= 15 is 0 Å². The highest BCUT2D eigenvalue weighted by atomic mass is 15.1. The number of hydrogen-bond donors (Lipinski definition) is 1. The van der Waals surface area contributed by atoms with Crippen LogP contribution in [0.5, 0.6) is 0 Å². The van der Waals surface area contributed by atoms with E-state index in [2.05, 4.69) is 17.3 Å². The summed E-state index contributed by atoms with van der Waals surface area (Å²) in [5.41, 5.74) is 0. The number of nitrogens with zero attached hydrogens (tertiary/aromatic N) is 1. The lowest BCUT2D eigenvalue weighted by molar-refractivity contribution is 0.279. The zero-order valence-corrected chi connectivity index (χ0v) is 10.6. The molecule has 0 unspecified atom stereocenters. The van der Waals surface area contributed by atoms with Crippen molar-refractivity contribution in [2.24, 2.45) is 11.8 Å². The minimum Gasteiger partial charge on any atom is -0.314 e. The normalized spacial score (nSPS) is 43.3. The Morgan fingerprint density at radius 2 is 2.12 bits per heavy atom. The molecule has 1 saturated heterocycles. The molecule has 0 aromatic carbocycles. The van der Waals surface area contributed by atoms with Crippen LogP contribution in [0.2, 0.25) is 0 Å². The summed E-state index contributed by atoms with van der Waals surface area (Å²) in [4.78, 5) is 2.54. The fraction of sp³-hybridized carbons (Fsp3) is 1.00. The van der Waals surface area contributed by atoms with Crippen LogP contribution in [0.4, 0.5) is 0 Å². The van der Waals surface area contributed by atoms with Crippen molar-refractivity contribution < 1.29 is 0 Å². The van der Waals surface area contributed by atoms with Gasteiger partial charge in [-0.05, 0) is 70.5 Å². The largest absolute Gasteiger partial charge is 0.314 e. The van der Waals surface area contributed by atoms with Gasteiger partial charge in [-0.3, -0.25) is 0 Å². The van der Waals surface area contributed by atoms with E-state index < -0.39 is 0 Å². The first-order chi connectivity index (χ1) is 7.83. The Balaban J connectivity index is 1.37. The first kappa shape index (κ1) is 11.0. The predicted octanol–water partition coefficient (Wildman–Crippen LogP) is 2.25. The highest BCUT2D eigenvalue weighted by molar-refractivity contribution is 4.94. The maximum absolute atomic E-state index is 3.83. The molecule has 0 spiro atoms. The number of hydrogen-bond acceptors (Lipinski definition) is 2. The fourth-order valence-corrected chi connectivity index (χ4v) is 4.27. The molecule has 0 aromatic heterocycles. The van der Waals surface area contributed by atoms with Gasteiger partial charge in [-0.15, -0.1) is 0 Å². The molecule has 1 N–H and O–H groups in total. The molecule has 92 valence electrons. The standard InChI is InChI=1S/C14H26N2/c1-16-8-2-3-13(16)6-7-15-14-10-11-4-5-12(14)9-11/h11-15H,2-10H2,1H3/t11-,12-,13-,14-/m1/s1. The summed E-state index contributed by atoms with van der Waals surface area (Å²) in [6.45, 7) is 2.57. The van der Waals surface area contributed by atoms with Gasteiger partial charge in [-0.2, -0.15) is 0 Å². The van der Waals surface area contributed by atoms with Gasteiger partial charge in [-0.1, -0.05) is 6.42 Å². The van der Waals surface area contributed by atoms with Crippen molar-refractivity contribution in [3.8, 4) is 0 Å². The molecule has 16 heavy (non-hydrogen) atoms. The van der Waals surface area contributed by atoms with Gasteiger partial charge in [0.25, 0.3) is 0 Å². The Kier molecular flexibility index (Phi) is 3.21. The van der Waals surface area contributed by atoms with E-state index in [1.165, 1.54) is 58.0 Å². The summed E-state index contributed by atoms with van der Waals surface area (Å²) in [5, 5.41) is 3.83. The first-order valence-electron chi connectivity index (χ1n) is 7.26. The zero-order valence-electron chi connectivity index (χ0n) is 10.6. The molecule has 0 radical (unpaired) electrons. The Morgan fingerprint density at radius 3 is 2.75 bits per heavy atom. The van der Waals surface area contributed by atoms with Gasteiger partial charge in [-0.25, -0.2) is 0 Å². The number of fused-ring (bicyclic) bond motifs is 2. The van der Waals surface area contributed by atoms with Crippen molar-refractivity contribution in [3.63, 3.8) is 0 Å². The van der Waals surface area contributed by atoms with Crippen molar-refractivity contribution in [2.75, 3.05) is 20.1 Å². The maximum atomic E-state index is 3.83. The Labute approximate surface area is 99.8 Å².